The van der Waals surface area contributed by atoms with Crippen molar-refractivity contribution in [3.8, 4) is 11.5 Å². The first-order chi connectivity index (χ1) is 13.9. The van der Waals surface area contributed by atoms with E-state index in [1.807, 2.05) is 25.1 Å². The minimum absolute atomic E-state index is 0.177. The van der Waals surface area contributed by atoms with Crippen LogP contribution in [0.2, 0.25) is 0 Å². The van der Waals surface area contributed by atoms with Gasteiger partial charge in [-0.3, -0.25) is 9.59 Å². The van der Waals surface area contributed by atoms with E-state index in [1.54, 1.807) is 31.4 Å². The second kappa shape index (κ2) is 8.77. The topological polar surface area (TPSA) is 93.3 Å². The van der Waals surface area contributed by atoms with Crippen molar-refractivity contribution >= 4 is 16.7 Å². The van der Waals surface area contributed by atoms with E-state index >= 15 is 0 Å². The van der Waals surface area contributed by atoms with E-state index < -0.39 is 0 Å². The number of methoxy groups -OCH3 is 1. The SMILES string of the molecule is COc1cc(C(C)NC(=O)c2n[nH]c(=O)c3ccccc23)ccc1OCC(C)C. The predicted molar refractivity (Wildman–Crippen MR) is 112 cm³/mol. The Hall–Kier alpha value is -3.35. The Morgan fingerprint density at radius 1 is 1.10 bits per heavy atom. The molecular formula is C22H25N3O4. The number of aromatic amines is 1. The molecule has 1 heterocycles. The summed E-state index contributed by atoms with van der Waals surface area (Å²) in [5.74, 6) is 1.30. The first kappa shape index (κ1) is 20.4. The van der Waals surface area contributed by atoms with Gasteiger partial charge in [-0.05, 0) is 36.6 Å². The highest BCUT2D eigenvalue weighted by atomic mass is 16.5. The Morgan fingerprint density at radius 2 is 1.83 bits per heavy atom. The minimum Gasteiger partial charge on any atom is -0.493 e. The first-order valence-electron chi connectivity index (χ1n) is 9.49. The van der Waals surface area contributed by atoms with E-state index in [0.717, 1.165) is 5.56 Å². The van der Waals surface area contributed by atoms with Crippen LogP contribution in [0, 0.1) is 5.92 Å². The number of nitrogens with zero attached hydrogens (tertiary/aromatic N) is 1. The summed E-state index contributed by atoms with van der Waals surface area (Å²) in [4.78, 5) is 24.7. The lowest BCUT2D eigenvalue weighted by atomic mass is 10.1. The molecule has 0 aliphatic heterocycles. The third-order valence-electron chi connectivity index (χ3n) is 4.52. The van der Waals surface area contributed by atoms with Gasteiger partial charge in [0.05, 0.1) is 25.1 Å². The summed E-state index contributed by atoms with van der Waals surface area (Å²) in [6.45, 7) is 6.61. The highest BCUT2D eigenvalue weighted by Gasteiger charge is 2.18. The molecule has 2 aromatic carbocycles. The Bertz CT molecular complexity index is 1080. The Kier molecular flexibility index (Phi) is 6.16. The molecule has 7 heteroatoms. The van der Waals surface area contributed by atoms with E-state index in [9.17, 15) is 9.59 Å². The molecule has 152 valence electrons. The number of rotatable bonds is 7. The number of hydrogen-bond donors (Lipinski definition) is 2. The van der Waals surface area contributed by atoms with Crippen molar-refractivity contribution < 1.29 is 14.3 Å². The van der Waals surface area contributed by atoms with Gasteiger partial charge in [0.2, 0.25) is 0 Å². The summed E-state index contributed by atoms with van der Waals surface area (Å²) in [6, 6.07) is 12.2. The van der Waals surface area contributed by atoms with Gasteiger partial charge in [0.15, 0.2) is 17.2 Å². The number of nitrogens with one attached hydrogen (secondary N) is 2. The minimum atomic E-state index is -0.371. The second-order valence-corrected chi connectivity index (χ2v) is 7.26. The molecule has 29 heavy (non-hydrogen) atoms. The molecule has 0 aliphatic rings. The molecule has 2 N–H and O–H groups in total. The maximum absolute atomic E-state index is 12.8. The van der Waals surface area contributed by atoms with E-state index in [2.05, 4.69) is 29.4 Å². The van der Waals surface area contributed by atoms with Crippen molar-refractivity contribution in [2.24, 2.45) is 5.92 Å². The number of H-pyrrole nitrogens is 1. The summed E-state index contributed by atoms with van der Waals surface area (Å²) in [7, 11) is 1.58. The zero-order valence-electron chi connectivity index (χ0n) is 17.0. The fraction of sp³-hybridized carbons (Fsp3) is 0.318. The van der Waals surface area contributed by atoms with Crippen LogP contribution in [-0.2, 0) is 0 Å². The van der Waals surface area contributed by atoms with Crippen LogP contribution in [0.15, 0.2) is 47.3 Å². The van der Waals surface area contributed by atoms with E-state index in [0.29, 0.717) is 34.8 Å². The van der Waals surface area contributed by atoms with Crippen LogP contribution in [0.25, 0.3) is 10.8 Å². The van der Waals surface area contributed by atoms with Crippen LogP contribution in [0.4, 0.5) is 0 Å². The number of ether oxygens (including phenoxy) is 2. The summed E-state index contributed by atoms with van der Waals surface area (Å²) >= 11 is 0. The molecule has 7 nitrogen and oxygen atoms in total. The smallest absolute Gasteiger partial charge is 0.272 e. The summed E-state index contributed by atoms with van der Waals surface area (Å²) < 4.78 is 11.2. The molecule has 0 aliphatic carbocycles. The average molecular weight is 395 g/mol. The van der Waals surface area contributed by atoms with Crippen LogP contribution in [-0.4, -0.2) is 29.8 Å². The summed E-state index contributed by atoms with van der Waals surface area (Å²) in [5.41, 5.74) is 0.712. The van der Waals surface area contributed by atoms with Crippen LogP contribution < -0.4 is 20.3 Å². The van der Waals surface area contributed by atoms with Gasteiger partial charge >= 0.3 is 0 Å². The van der Waals surface area contributed by atoms with Crippen molar-refractivity contribution in [2.45, 2.75) is 26.8 Å². The highest BCUT2D eigenvalue weighted by molar-refractivity contribution is 6.04. The predicted octanol–water partition coefficient (Wildman–Crippen LogP) is 3.46. The second-order valence-electron chi connectivity index (χ2n) is 7.26. The van der Waals surface area contributed by atoms with Gasteiger partial charge in [-0.15, -0.1) is 0 Å². The van der Waals surface area contributed by atoms with Crippen LogP contribution in [0.5, 0.6) is 11.5 Å². The zero-order valence-corrected chi connectivity index (χ0v) is 17.0. The van der Waals surface area contributed by atoms with E-state index in [-0.39, 0.29) is 23.2 Å². The van der Waals surface area contributed by atoms with Crippen molar-refractivity contribution in [3.05, 3.63) is 64.1 Å². The monoisotopic (exact) mass is 395 g/mol. The third kappa shape index (κ3) is 4.56. The third-order valence-corrected chi connectivity index (χ3v) is 4.52. The molecule has 1 amide bonds. The summed E-state index contributed by atoms with van der Waals surface area (Å²) in [6.07, 6.45) is 0. The number of hydrogen-bond acceptors (Lipinski definition) is 5. The van der Waals surface area contributed by atoms with Crippen LogP contribution >= 0.6 is 0 Å². The molecule has 0 bridgehead atoms. The first-order valence-corrected chi connectivity index (χ1v) is 9.49. The molecule has 0 saturated carbocycles. The molecule has 0 fully saturated rings. The average Bonchev–Trinajstić information content (AvgIpc) is 2.72. The lowest BCUT2D eigenvalue weighted by Crippen LogP contribution is -2.29. The molecule has 3 rings (SSSR count). The Morgan fingerprint density at radius 3 is 2.52 bits per heavy atom. The van der Waals surface area contributed by atoms with Gasteiger partial charge in [-0.25, -0.2) is 5.10 Å². The summed E-state index contributed by atoms with van der Waals surface area (Å²) in [5, 5.41) is 10.2. The number of amides is 1. The molecule has 1 aromatic heterocycles. The van der Waals surface area contributed by atoms with Crippen LogP contribution in [0.1, 0.15) is 42.9 Å². The molecule has 0 radical (unpaired) electrons. The number of benzene rings is 2. The maximum Gasteiger partial charge on any atom is 0.272 e. The fourth-order valence-electron chi connectivity index (χ4n) is 2.97. The largest absolute Gasteiger partial charge is 0.493 e. The van der Waals surface area contributed by atoms with Crippen LogP contribution in [0.3, 0.4) is 0 Å². The van der Waals surface area contributed by atoms with E-state index in [4.69, 9.17) is 9.47 Å². The molecule has 3 aromatic rings. The molecule has 0 saturated heterocycles. The van der Waals surface area contributed by atoms with Gasteiger partial charge in [-0.2, -0.15) is 5.10 Å². The number of carbonyl (C=O) groups excluding carboxylic acids is 1. The highest BCUT2D eigenvalue weighted by Crippen LogP contribution is 2.30. The van der Waals surface area contributed by atoms with E-state index in [1.165, 1.54) is 0 Å². The molecule has 0 spiro atoms. The lowest BCUT2D eigenvalue weighted by Gasteiger charge is -2.18. The van der Waals surface area contributed by atoms with Crippen molar-refractivity contribution in [2.75, 3.05) is 13.7 Å². The van der Waals surface area contributed by atoms with Gasteiger partial charge in [0.1, 0.15) is 0 Å². The number of fused-ring (bicyclic) bond motifs is 1. The fourth-order valence-corrected chi connectivity index (χ4v) is 2.97. The normalized spacial score (nSPS) is 12.0. The van der Waals surface area contributed by atoms with Gasteiger partial charge in [0, 0.05) is 5.39 Å². The Labute approximate surface area is 169 Å². The van der Waals surface area contributed by atoms with Gasteiger partial charge in [-0.1, -0.05) is 38.1 Å². The standard InChI is InChI=1S/C22H25N3O4/c1-13(2)12-29-18-10-9-15(11-19(18)28-4)14(3)23-22(27)20-16-7-5-6-8-17(16)21(26)25-24-20/h5-11,13-14H,12H2,1-4H3,(H,23,27)(H,25,26). The zero-order chi connectivity index (χ0) is 21.0. The molecular weight excluding hydrogens is 370 g/mol. The van der Waals surface area contributed by atoms with Gasteiger partial charge < -0.3 is 14.8 Å². The Balaban J connectivity index is 1.81. The molecule has 1 atom stereocenters. The number of aromatic nitrogens is 2. The van der Waals surface area contributed by atoms with Gasteiger partial charge in [0.25, 0.3) is 11.5 Å². The molecule has 1 unspecified atom stereocenters. The van der Waals surface area contributed by atoms with Crippen molar-refractivity contribution in [1.82, 2.24) is 15.5 Å². The lowest BCUT2D eigenvalue weighted by molar-refractivity contribution is 0.0935. The number of carbonyl (C=O) groups is 1. The maximum atomic E-state index is 12.8. The van der Waals surface area contributed by atoms with Crippen molar-refractivity contribution in [1.29, 1.82) is 0 Å². The van der Waals surface area contributed by atoms with Crippen molar-refractivity contribution in [3.63, 3.8) is 0 Å². The quantitative estimate of drug-likeness (QED) is 0.639.